The highest BCUT2D eigenvalue weighted by molar-refractivity contribution is 7.98. The standard InChI is InChI=1S/C14H14ClFN2OS/c1-14(2,8-19)18-7-11(20-3)13(17-18)12-9(15)5-4-6-10(12)16/h4-8H,1-3H3. The summed E-state index contributed by atoms with van der Waals surface area (Å²) in [6.45, 7) is 3.48. The summed E-state index contributed by atoms with van der Waals surface area (Å²) in [5.41, 5.74) is -0.0741. The maximum Gasteiger partial charge on any atom is 0.147 e. The molecule has 0 amide bonds. The van der Waals surface area contributed by atoms with Crippen LogP contribution in [0.15, 0.2) is 29.3 Å². The molecule has 1 aromatic carbocycles. The Labute approximate surface area is 126 Å². The van der Waals surface area contributed by atoms with Gasteiger partial charge in [0.2, 0.25) is 0 Å². The fourth-order valence-corrected chi connectivity index (χ4v) is 2.55. The van der Waals surface area contributed by atoms with Crippen molar-refractivity contribution in [3.05, 3.63) is 35.2 Å². The lowest BCUT2D eigenvalue weighted by atomic mass is 10.1. The molecule has 0 spiro atoms. The van der Waals surface area contributed by atoms with Crippen molar-refractivity contribution < 1.29 is 9.18 Å². The molecular formula is C14H14ClFN2OS. The van der Waals surface area contributed by atoms with Crippen LogP contribution in [-0.4, -0.2) is 22.3 Å². The lowest BCUT2D eigenvalue weighted by Crippen LogP contribution is -2.28. The van der Waals surface area contributed by atoms with Crippen molar-refractivity contribution in [1.82, 2.24) is 9.78 Å². The molecule has 0 atom stereocenters. The summed E-state index contributed by atoms with van der Waals surface area (Å²) < 4.78 is 15.6. The van der Waals surface area contributed by atoms with E-state index in [-0.39, 0.29) is 5.56 Å². The normalized spacial score (nSPS) is 11.7. The predicted octanol–water partition coefficient (Wildman–Crippen LogP) is 4.00. The molecule has 106 valence electrons. The smallest absolute Gasteiger partial charge is 0.147 e. The number of carbonyl (C=O) groups excluding carboxylic acids is 1. The van der Waals surface area contributed by atoms with Gasteiger partial charge in [-0.1, -0.05) is 17.7 Å². The van der Waals surface area contributed by atoms with Crippen LogP contribution < -0.4 is 0 Å². The van der Waals surface area contributed by atoms with Gasteiger partial charge in [0, 0.05) is 6.20 Å². The molecule has 0 bridgehead atoms. The van der Waals surface area contributed by atoms with Gasteiger partial charge in [0.05, 0.1) is 15.5 Å². The Morgan fingerprint density at radius 3 is 2.70 bits per heavy atom. The van der Waals surface area contributed by atoms with Crippen LogP contribution in [0.4, 0.5) is 4.39 Å². The monoisotopic (exact) mass is 312 g/mol. The lowest BCUT2D eigenvalue weighted by molar-refractivity contribution is -0.114. The molecule has 0 aliphatic rings. The van der Waals surface area contributed by atoms with E-state index in [2.05, 4.69) is 5.10 Å². The van der Waals surface area contributed by atoms with Gasteiger partial charge >= 0.3 is 0 Å². The van der Waals surface area contributed by atoms with Gasteiger partial charge in [-0.3, -0.25) is 4.68 Å². The second-order valence-electron chi connectivity index (χ2n) is 4.86. The molecule has 0 aliphatic heterocycles. The Kier molecular flexibility index (Phi) is 4.20. The molecule has 0 unspecified atom stereocenters. The van der Waals surface area contributed by atoms with Gasteiger partial charge in [0.25, 0.3) is 0 Å². The second-order valence-corrected chi connectivity index (χ2v) is 6.11. The first-order chi connectivity index (χ1) is 9.40. The zero-order valence-corrected chi connectivity index (χ0v) is 12.9. The molecule has 1 aromatic heterocycles. The van der Waals surface area contributed by atoms with E-state index in [9.17, 15) is 9.18 Å². The van der Waals surface area contributed by atoms with Crippen molar-refractivity contribution in [2.75, 3.05) is 6.26 Å². The second kappa shape index (κ2) is 5.58. The Hall–Kier alpha value is -1.33. The Morgan fingerprint density at radius 2 is 2.15 bits per heavy atom. The van der Waals surface area contributed by atoms with Crippen LogP contribution in [0.1, 0.15) is 13.8 Å². The molecule has 0 N–H and O–H groups in total. The first-order valence-electron chi connectivity index (χ1n) is 5.95. The number of hydrogen-bond acceptors (Lipinski definition) is 3. The quantitative estimate of drug-likeness (QED) is 0.632. The lowest BCUT2D eigenvalue weighted by Gasteiger charge is -2.17. The molecule has 0 aliphatic carbocycles. The minimum absolute atomic E-state index is 0.263. The molecule has 1 heterocycles. The van der Waals surface area contributed by atoms with Crippen molar-refractivity contribution in [2.45, 2.75) is 24.3 Å². The molecule has 3 nitrogen and oxygen atoms in total. The van der Waals surface area contributed by atoms with Crippen molar-refractivity contribution >= 4 is 29.6 Å². The number of aromatic nitrogens is 2. The van der Waals surface area contributed by atoms with Crippen LogP contribution in [-0.2, 0) is 10.3 Å². The number of benzene rings is 1. The predicted molar refractivity (Wildman–Crippen MR) is 79.8 cm³/mol. The summed E-state index contributed by atoms with van der Waals surface area (Å²) in [6.07, 6.45) is 4.40. The fraction of sp³-hybridized carbons (Fsp3) is 0.286. The fourth-order valence-electron chi connectivity index (χ4n) is 1.75. The van der Waals surface area contributed by atoms with E-state index in [1.807, 2.05) is 6.26 Å². The number of carbonyl (C=O) groups is 1. The molecular weight excluding hydrogens is 299 g/mol. The van der Waals surface area contributed by atoms with E-state index < -0.39 is 11.4 Å². The average Bonchev–Trinajstić information content (AvgIpc) is 2.83. The highest BCUT2D eigenvalue weighted by atomic mass is 35.5. The van der Waals surface area contributed by atoms with Crippen molar-refractivity contribution in [3.8, 4) is 11.3 Å². The third-order valence-corrected chi connectivity index (χ3v) is 4.03. The zero-order valence-electron chi connectivity index (χ0n) is 11.4. The van der Waals surface area contributed by atoms with Crippen LogP contribution in [0, 0.1) is 5.82 Å². The van der Waals surface area contributed by atoms with E-state index in [1.165, 1.54) is 22.5 Å². The molecule has 0 radical (unpaired) electrons. The first-order valence-corrected chi connectivity index (χ1v) is 7.56. The number of nitrogens with zero attached hydrogens (tertiary/aromatic N) is 2. The molecule has 6 heteroatoms. The van der Waals surface area contributed by atoms with Crippen molar-refractivity contribution in [3.63, 3.8) is 0 Å². The minimum atomic E-state index is -0.791. The average molecular weight is 313 g/mol. The van der Waals surface area contributed by atoms with Crippen molar-refractivity contribution in [1.29, 1.82) is 0 Å². The van der Waals surface area contributed by atoms with E-state index >= 15 is 0 Å². The Balaban J connectivity index is 2.66. The largest absolute Gasteiger partial charge is 0.301 e. The molecule has 2 aromatic rings. The topological polar surface area (TPSA) is 34.9 Å². The van der Waals surface area contributed by atoms with Crippen LogP contribution in [0.25, 0.3) is 11.3 Å². The molecule has 2 rings (SSSR count). The summed E-state index contributed by atoms with van der Waals surface area (Å²) >= 11 is 7.51. The number of thioether (sulfide) groups is 1. The van der Waals surface area contributed by atoms with Gasteiger partial charge in [-0.05, 0) is 32.2 Å². The highest BCUT2D eigenvalue weighted by Gasteiger charge is 2.24. The van der Waals surface area contributed by atoms with Gasteiger partial charge < -0.3 is 4.79 Å². The molecule has 0 fully saturated rings. The molecule has 0 saturated carbocycles. The number of halogens is 2. The first kappa shape index (κ1) is 15.1. The number of rotatable bonds is 4. The van der Waals surface area contributed by atoms with E-state index in [4.69, 9.17) is 11.6 Å². The summed E-state index contributed by atoms with van der Waals surface area (Å²) in [4.78, 5) is 11.9. The van der Waals surface area contributed by atoms with Crippen LogP contribution >= 0.6 is 23.4 Å². The number of aldehydes is 1. The van der Waals surface area contributed by atoms with Gasteiger partial charge in [0.15, 0.2) is 0 Å². The van der Waals surface area contributed by atoms with Crippen molar-refractivity contribution in [2.24, 2.45) is 0 Å². The van der Waals surface area contributed by atoms with Gasteiger partial charge in [0.1, 0.15) is 23.3 Å². The minimum Gasteiger partial charge on any atom is -0.301 e. The highest BCUT2D eigenvalue weighted by Crippen LogP contribution is 2.36. The van der Waals surface area contributed by atoms with E-state index in [1.54, 1.807) is 32.2 Å². The summed E-state index contributed by atoms with van der Waals surface area (Å²) in [5, 5.41) is 4.66. The Bertz CT molecular complexity index is 634. The summed E-state index contributed by atoms with van der Waals surface area (Å²) in [7, 11) is 0. The van der Waals surface area contributed by atoms with E-state index in [0.29, 0.717) is 10.7 Å². The third kappa shape index (κ3) is 2.60. The summed E-state index contributed by atoms with van der Waals surface area (Å²) in [6, 6.07) is 4.51. The van der Waals surface area contributed by atoms with Gasteiger partial charge in [-0.15, -0.1) is 11.8 Å². The maximum atomic E-state index is 14.0. The zero-order chi connectivity index (χ0) is 14.9. The van der Waals surface area contributed by atoms with E-state index in [0.717, 1.165) is 11.2 Å². The van der Waals surface area contributed by atoms with Crippen LogP contribution in [0.2, 0.25) is 5.02 Å². The number of hydrogen-bond donors (Lipinski definition) is 0. The van der Waals surface area contributed by atoms with Crippen LogP contribution in [0.5, 0.6) is 0 Å². The molecule has 20 heavy (non-hydrogen) atoms. The molecule has 0 saturated heterocycles. The third-order valence-electron chi connectivity index (χ3n) is 2.98. The maximum absolute atomic E-state index is 14.0. The van der Waals surface area contributed by atoms with Crippen LogP contribution in [0.3, 0.4) is 0 Å². The SMILES string of the molecule is CSc1cn(C(C)(C)C=O)nc1-c1c(F)cccc1Cl. The summed E-state index contributed by atoms with van der Waals surface area (Å²) in [5.74, 6) is -0.429. The van der Waals surface area contributed by atoms with Gasteiger partial charge in [-0.25, -0.2) is 4.39 Å². The van der Waals surface area contributed by atoms with Gasteiger partial charge in [-0.2, -0.15) is 5.10 Å². The Morgan fingerprint density at radius 1 is 1.45 bits per heavy atom.